The Hall–Kier alpha value is -2.11. The minimum Gasteiger partial charge on any atom is -0.469 e. The summed E-state index contributed by atoms with van der Waals surface area (Å²) in [5, 5.41) is 0. The molecule has 2 heterocycles. The summed E-state index contributed by atoms with van der Waals surface area (Å²) >= 11 is 0. The van der Waals surface area contributed by atoms with Crippen LogP contribution in [-0.2, 0) is 9.53 Å². The van der Waals surface area contributed by atoms with Crippen molar-refractivity contribution in [3.8, 4) is 0 Å². The zero-order valence-corrected chi connectivity index (χ0v) is 13.4. The Balaban J connectivity index is 2.13. The maximum Gasteiger partial charge on any atom is 0.325 e. The molecule has 1 aliphatic rings. The van der Waals surface area contributed by atoms with E-state index in [9.17, 15) is 9.59 Å². The Labute approximate surface area is 131 Å². The molecule has 120 valence electrons. The van der Waals surface area contributed by atoms with Crippen molar-refractivity contribution in [3.05, 3.63) is 24.4 Å². The van der Waals surface area contributed by atoms with Crippen molar-refractivity contribution in [3.63, 3.8) is 0 Å². The number of ether oxygens (including phenoxy) is 1. The Morgan fingerprint density at radius 3 is 2.55 bits per heavy atom. The highest BCUT2D eigenvalue weighted by atomic mass is 16.5. The number of urea groups is 1. The lowest BCUT2D eigenvalue weighted by Gasteiger charge is -2.27. The first kappa shape index (κ1) is 16.3. The average molecular weight is 305 g/mol. The minimum absolute atomic E-state index is 0.0983. The van der Waals surface area contributed by atoms with E-state index in [2.05, 4.69) is 23.6 Å². The normalized spacial score (nSPS) is 20.8. The van der Waals surface area contributed by atoms with Crippen LogP contribution in [0.1, 0.15) is 20.3 Å². The highest BCUT2D eigenvalue weighted by Gasteiger charge is 2.32. The van der Waals surface area contributed by atoms with Crippen LogP contribution >= 0.6 is 0 Å². The van der Waals surface area contributed by atoms with Crippen LogP contribution in [0.4, 0.5) is 10.6 Å². The lowest BCUT2D eigenvalue weighted by atomic mass is 10.0. The molecule has 0 bridgehead atoms. The first-order valence-corrected chi connectivity index (χ1v) is 7.57. The van der Waals surface area contributed by atoms with E-state index in [1.165, 1.54) is 7.11 Å². The third-order valence-electron chi connectivity index (χ3n) is 4.18. The van der Waals surface area contributed by atoms with Gasteiger partial charge in [-0.1, -0.05) is 19.9 Å². The highest BCUT2D eigenvalue weighted by molar-refractivity contribution is 5.91. The molecule has 1 aromatic rings. The van der Waals surface area contributed by atoms with Crippen molar-refractivity contribution in [2.45, 2.75) is 20.3 Å². The molecule has 22 heavy (non-hydrogen) atoms. The smallest absolute Gasteiger partial charge is 0.325 e. The van der Waals surface area contributed by atoms with Crippen molar-refractivity contribution >= 4 is 17.8 Å². The summed E-state index contributed by atoms with van der Waals surface area (Å²) in [5.41, 5.74) is 0. The molecule has 0 radical (unpaired) electrons. The Morgan fingerprint density at radius 2 is 2.00 bits per heavy atom. The number of esters is 1. The summed E-state index contributed by atoms with van der Waals surface area (Å²) in [6.07, 6.45) is 1.79. The summed E-state index contributed by atoms with van der Waals surface area (Å²) in [5.74, 6) is 1.19. The van der Waals surface area contributed by atoms with E-state index < -0.39 is 0 Å². The number of nitrogens with zero attached hydrogens (tertiary/aromatic N) is 3. The number of carbonyl (C=O) groups is 2. The van der Waals surface area contributed by atoms with Gasteiger partial charge < -0.3 is 9.64 Å². The number of pyridine rings is 1. The zero-order chi connectivity index (χ0) is 16.1. The van der Waals surface area contributed by atoms with Gasteiger partial charge in [0.25, 0.3) is 0 Å². The predicted octanol–water partition coefficient (Wildman–Crippen LogP) is 2.16. The first-order valence-electron chi connectivity index (χ1n) is 7.57. The molecule has 6 nitrogen and oxygen atoms in total. The quantitative estimate of drug-likeness (QED) is 0.800. The van der Waals surface area contributed by atoms with Crippen LogP contribution in [0.5, 0.6) is 0 Å². The third-order valence-corrected chi connectivity index (χ3v) is 4.18. The number of likely N-dealkylation sites (tertiary alicyclic amines) is 1. The molecule has 2 unspecified atom stereocenters. The van der Waals surface area contributed by atoms with Crippen molar-refractivity contribution in [2.75, 3.05) is 31.6 Å². The number of methoxy groups -OCH3 is 1. The van der Waals surface area contributed by atoms with Gasteiger partial charge in [-0.2, -0.15) is 0 Å². The van der Waals surface area contributed by atoms with Gasteiger partial charge in [-0.25, -0.2) is 9.78 Å². The van der Waals surface area contributed by atoms with E-state index in [0.717, 1.165) is 13.1 Å². The molecule has 0 aliphatic carbocycles. The second-order valence-electron chi connectivity index (χ2n) is 5.81. The van der Waals surface area contributed by atoms with E-state index in [-0.39, 0.29) is 25.0 Å². The lowest BCUT2D eigenvalue weighted by molar-refractivity contribution is -0.140. The molecule has 0 aromatic carbocycles. The van der Waals surface area contributed by atoms with Gasteiger partial charge in [-0.3, -0.25) is 9.69 Å². The standard InChI is InChI=1S/C16H23N3O3/c1-12-10-18(11-13(12)2)16(21)19(9-7-15(20)22-3)14-6-4-5-8-17-14/h4-6,8,12-13H,7,9-11H2,1-3H3. The summed E-state index contributed by atoms with van der Waals surface area (Å²) in [6.45, 7) is 6.04. The first-order chi connectivity index (χ1) is 10.5. The summed E-state index contributed by atoms with van der Waals surface area (Å²) in [7, 11) is 1.35. The van der Waals surface area contributed by atoms with Crippen LogP contribution in [0.15, 0.2) is 24.4 Å². The number of carbonyl (C=O) groups excluding carboxylic acids is 2. The number of hydrogen-bond acceptors (Lipinski definition) is 4. The monoisotopic (exact) mass is 305 g/mol. The molecule has 0 saturated carbocycles. The lowest BCUT2D eigenvalue weighted by Crippen LogP contribution is -2.43. The average Bonchev–Trinajstić information content (AvgIpc) is 2.87. The van der Waals surface area contributed by atoms with Crippen molar-refractivity contribution in [2.24, 2.45) is 11.8 Å². The van der Waals surface area contributed by atoms with Crippen molar-refractivity contribution < 1.29 is 14.3 Å². The van der Waals surface area contributed by atoms with E-state index in [1.54, 1.807) is 23.2 Å². The van der Waals surface area contributed by atoms with Gasteiger partial charge in [0, 0.05) is 25.8 Å². The molecule has 2 atom stereocenters. The van der Waals surface area contributed by atoms with Gasteiger partial charge in [-0.15, -0.1) is 0 Å². The summed E-state index contributed by atoms with van der Waals surface area (Å²) < 4.78 is 4.66. The molecular formula is C16H23N3O3. The molecule has 0 spiro atoms. The third kappa shape index (κ3) is 3.75. The van der Waals surface area contributed by atoms with Gasteiger partial charge in [0.15, 0.2) is 0 Å². The van der Waals surface area contributed by atoms with Gasteiger partial charge in [-0.05, 0) is 24.0 Å². The fourth-order valence-electron chi connectivity index (χ4n) is 2.58. The van der Waals surface area contributed by atoms with Crippen molar-refractivity contribution in [1.82, 2.24) is 9.88 Å². The minimum atomic E-state index is -0.336. The molecule has 1 aliphatic heterocycles. The Morgan fingerprint density at radius 1 is 1.32 bits per heavy atom. The van der Waals surface area contributed by atoms with Crippen LogP contribution in [0.2, 0.25) is 0 Å². The number of hydrogen-bond donors (Lipinski definition) is 0. The summed E-state index contributed by atoms with van der Waals surface area (Å²) in [4.78, 5) is 31.8. The molecule has 1 fully saturated rings. The largest absolute Gasteiger partial charge is 0.469 e. The van der Waals surface area contributed by atoms with E-state index >= 15 is 0 Å². The second kappa shape index (κ2) is 7.24. The predicted molar refractivity (Wildman–Crippen MR) is 83.5 cm³/mol. The van der Waals surface area contributed by atoms with Gasteiger partial charge in [0.05, 0.1) is 13.5 Å². The number of amides is 2. The maximum absolute atomic E-state index is 12.8. The van der Waals surface area contributed by atoms with Crippen molar-refractivity contribution in [1.29, 1.82) is 0 Å². The Bertz CT molecular complexity index is 511. The van der Waals surface area contributed by atoms with E-state index in [4.69, 9.17) is 0 Å². The zero-order valence-electron chi connectivity index (χ0n) is 13.4. The van der Waals surface area contributed by atoms with Gasteiger partial charge in [0.1, 0.15) is 5.82 Å². The molecule has 6 heteroatoms. The molecule has 0 N–H and O–H groups in total. The maximum atomic E-state index is 12.8. The van der Waals surface area contributed by atoms with Gasteiger partial charge >= 0.3 is 12.0 Å². The van der Waals surface area contributed by atoms with E-state index in [1.807, 2.05) is 11.0 Å². The van der Waals surface area contributed by atoms with Crippen LogP contribution in [0.3, 0.4) is 0 Å². The number of rotatable bonds is 4. The second-order valence-corrected chi connectivity index (χ2v) is 5.81. The van der Waals surface area contributed by atoms with Crippen LogP contribution in [0.25, 0.3) is 0 Å². The van der Waals surface area contributed by atoms with Crippen LogP contribution in [0, 0.1) is 11.8 Å². The molecule has 2 rings (SSSR count). The molecule has 1 aromatic heterocycles. The molecule has 2 amide bonds. The topological polar surface area (TPSA) is 62.7 Å². The highest BCUT2D eigenvalue weighted by Crippen LogP contribution is 2.24. The number of aromatic nitrogens is 1. The van der Waals surface area contributed by atoms with Gasteiger partial charge in [0.2, 0.25) is 0 Å². The Kier molecular flexibility index (Phi) is 5.35. The fraction of sp³-hybridized carbons (Fsp3) is 0.562. The van der Waals surface area contributed by atoms with Crippen LogP contribution in [-0.4, -0.2) is 48.6 Å². The van der Waals surface area contributed by atoms with E-state index in [0.29, 0.717) is 17.7 Å². The number of anilines is 1. The van der Waals surface area contributed by atoms with Crippen LogP contribution < -0.4 is 4.90 Å². The molecule has 1 saturated heterocycles. The fourth-order valence-corrected chi connectivity index (χ4v) is 2.58. The summed E-state index contributed by atoms with van der Waals surface area (Å²) in [6, 6.07) is 5.31. The molecular weight excluding hydrogens is 282 g/mol. The SMILES string of the molecule is COC(=O)CCN(C(=O)N1CC(C)C(C)C1)c1ccccn1.